The number of benzene rings is 1. The van der Waals surface area contributed by atoms with Crippen molar-refractivity contribution in [3.05, 3.63) is 54.4 Å². The van der Waals surface area contributed by atoms with E-state index in [9.17, 15) is 0 Å². The molecule has 0 fully saturated rings. The van der Waals surface area contributed by atoms with Gasteiger partial charge in [-0.1, -0.05) is 17.7 Å². The van der Waals surface area contributed by atoms with E-state index < -0.39 is 0 Å². The molecule has 18 heavy (non-hydrogen) atoms. The standard InChI is InChI=1S/C14H12N4/c1-10-4-6-11(7-5-10)17-13-9-16-18-12-3-2-8-15-14(12)13/h2-9H,1H3,(H,17,18). The smallest absolute Gasteiger partial charge is 0.116 e. The minimum atomic E-state index is 0.787. The minimum Gasteiger partial charge on any atom is -0.352 e. The summed E-state index contributed by atoms with van der Waals surface area (Å²) in [5.41, 5.74) is 4.73. The van der Waals surface area contributed by atoms with Crippen LogP contribution in [-0.4, -0.2) is 15.2 Å². The Morgan fingerprint density at radius 2 is 1.89 bits per heavy atom. The summed E-state index contributed by atoms with van der Waals surface area (Å²) in [6.45, 7) is 2.06. The van der Waals surface area contributed by atoms with Crippen molar-refractivity contribution in [2.75, 3.05) is 5.32 Å². The van der Waals surface area contributed by atoms with Crippen LogP contribution in [0, 0.1) is 6.92 Å². The monoisotopic (exact) mass is 236 g/mol. The van der Waals surface area contributed by atoms with E-state index in [0.29, 0.717) is 0 Å². The van der Waals surface area contributed by atoms with Crippen LogP contribution in [0.25, 0.3) is 11.0 Å². The number of hydrogen-bond acceptors (Lipinski definition) is 4. The maximum absolute atomic E-state index is 4.33. The Morgan fingerprint density at radius 1 is 1.06 bits per heavy atom. The van der Waals surface area contributed by atoms with Crippen molar-refractivity contribution in [2.24, 2.45) is 0 Å². The Kier molecular flexibility index (Phi) is 2.61. The molecule has 88 valence electrons. The highest BCUT2D eigenvalue weighted by Crippen LogP contribution is 2.22. The van der Waals surface area contributed by atoms with Crippen LogP contribution < -0.4 is 5.32 Å². The zero-order valence-electron chi connectivity index (χ0n) is 9.96. The summed E-state index contributed by atoms with van der Waals surface area (Å²) in [4.78, 5) is 4.33. The number of pyridine rings is 1. The van der Waals surface area contributed by atoms with Gasteiger partial charge < -0.3 is 5.32 Å². The van der Waals surface area contributed by atoms with E-state index >= 15 is 0 Å². The molecule has 4 heteroatoms. The molecule has 4 nitrogen and oxygen atoms in total. The number of rotatable bonds is 2. The molecular formula is C14H12N4. The highest BCUT2D eigenvalue weighted by Gasteiger charge is 2.03. The molecule has 3 rings (SSSR count). The fourth-order valence-corrected chi connectivity index (χ4v) is 1.78. The fraction of sp³-hybridized carbons (Fsp3) is 0.0714. The predicted octanol–water partition coefficient (Wildman–Crippen LogP) is 3.08. The summed E-state index contributed by atoms with van der Waals surface area (Å²) < 4.78 is 0. The molecule has 0 atom stereocenters. The lowest BCUT2D eigenvalue weighted by Gasteiger charge is -2.07. The van der Waals surface area contributed by atoms with Crippen molar-refractivity contribution in [2.45, 2.75) is 6.92 Å². The summed E-state index contributed by atoms with van der Waals surface area (Å²) in [7, 11) is 0. The molecule has 0 spiro atoms. The van der Waals surface area contributed by atoms with Gasteiger partial charge >= 0.3 is 0 Å². The zero-order valence-corrected chi connectivity index (χ0v) is 9.96. The highest BCUT2D eigenvalue weighted by atomic mass is 15.1. The number of nitrogens with one attached hydrogen (secondary N) is 1. The van der Waals surface area contributed by atoms with E-state index in [1.165, 1.54) is 5.56 Å². The molecule has 1 aromatic carbocycles. The average Bonchev–Trinajstić information content (AvgIpc) is 2.42. The van der Waals surface area contributed by atoms with Crippen LogP contribution in [0.4, 0.5) is 11.4 Å². The average molecular weight is 236 g/mol. The molecule has 3 aromatic rings. The Balaban J connectivity index is 2.02. The fourth-order valence-electron chi connectivity index (χ4n) is 1.78. The van der Waals surface area contributed by atoms with Gasteiger partial charge in [0.25, 0.3) is 0 Å². The maximum Gasteiger partial charge on any atom is 0.116 e. The first kappa shape index (κ1) is 10.7. The topological polar surface area (TPSA) is 50.7 Å². The van der Waals surface area contributed by atoms with Crippen molar-refractivity contribution in [3.63, 3.8) is 0 Å². The number of aromatic nitrogens is 3. The molecule has 2 aromatic heterocycles. The van der Waals surface area contributed by atoms with Crippen molar-refractivity contribution >= 4 is 22.4 Å². The first-order valence-corrected chi connectivity index (χ1v) is 5.73. The van der Waals surface area contributed by atoms with Gasteiger partial charge in [-0.2, -0.15) is 5.10 Å². The zero-order chi connectivity index (χ0) is 12.4. The molecule has 0 unspecified atom stereocenters. The molecule has 0 radical (unpaired) electrons. The van der Waals surface area contributed by atoms with Gasteiger partial charge in [0.1, 0.15) is 11.0 Å². The SMILES string of the molecule is Cc1ccc(Nc2cnnc3cccnc23)cc1. The van der Waals surface area contributed by atoms with Crippen LogP contribution in [0.2, 0.25) is 0 Å². The van der Waals surface area contributed by atoms with Crippen LogP contribution in [0.1, 0.15) is 5.56 Å². The third-order valence-electron chi connectivity index (χ3n) is 2.72. The van der Waals surface area contributed by atoms with Crippen LogP contribution in [-0.2, 0) is 0 Å². The van der Waals surface area contributed by atoms with Crippen LogP contribution in [0.3, 0.4) is 0 Å². The van der Waals surface area contributed by atoms with Crippen molar-refractivity contribution in [1.29, 1.82) is 0 Å². The van der Waals surface area contributed by atoms with E-state index in [1.807, 2.05) is 24.3 Å². The summed E-state index contributed by atoms with van der Waals surface area (Å²) in [5.74, 6) is 0. The van der Waals surface area contributed by atoms with Crippen LogP contribution >= 0.6 is 0 Å². The van der Waals surface area contributed by atoms with Crippen molar-refractivity contribution < 1.29 is 0 Å². The van der Waals surface area contributed by atoms with Gasteiger partial charge in [-0.3, -0.25) is 4.98 Å². The Hall–Kier alpha value is -2.49. The second-order valence-corrected chi connectivity index (χ2v) is 4.12. The van der Waals surface area contributed by atoms with E-state index in [4.69, 9.17) is 0 Å². The summed E-state index contributed by atoms with van der Waals surface area (Å²) in [6.07, 6.45) is 3.44. The van der Waals surface area contributed by atoms with Crippen molar-refractivity contribution in [3.8, 4) is 0 Å². The Morgan fingerprint density at radius 3 is 2.72 bits per heavy atom. The molecule has 0 aliphatic heterocycles. The molecular weight excluding hydrogens is 224 g/mol. The molecule has 2 heterocycles. The van der Waals surface area contributed by atoms with Gasteiger partial charge in [0, 0.05) is 11.9 Å². The number of nitrogens with zero attached hydrogens (tertiary/aromatic N) is 3. The third kappa shape index (κ3) is 2.00. The lowest BCUT2D eigenvalue weighted by Crippen LogP contribution is -1.95. The van der Waals surface area contributed by atoms with Gasteiger partial charge in [0.05, 0.1) is 11.9 Å². The van der Waals surface area contributed by atoms with Gasteiger partial charge in [-0.25, -0.2) is 0 Å². The van der Waals surface area contributed by atoms with Gasteiger partial charge in [-0.15, -0.1) is 5.10 Å². The van der Waals surface area contributed by atoms with Gasteiger partial charge in [0.2, 0.25) is 0 Å². The molecule has 0 aliphatic rings. The summed E-state index contributed by atoms with van der Waals surface area (Å²) >= 11 is 0. The molecule has 1 N–H and O–H groups in total. The molecule has 0 saturated heterocycles. The molecule has 0 bridgehead atoms. The largest absolute Gasteiger partial charge is 0.352 e. The van der Waals surface area contributed by atoms with Gasteiger partial charge in [0.15, 0.2) is 0 Å². The molecule has 0 amide bonds. The number of anilines is 2. The molecule has 0 saturated carbocycles. The summed E-state index contributed by atoms with van der Waals surface area (Å²) in [6, 6.07) is 11.9. The van der Waals surface area contributed by atoms with Gasteiger partial charge in [-0.05, 0) is 31.2 Å². The minimum absolute atomic E-state index is 0.787. The normalized spacial score (nSPS) is 10.5. The number of fused-ring (bicyclic) bond motifs is 1. The van der Waals surface area contributed by atoms with Crippen LogP contribution in [0.5, 0.6) is 0 Å². The van der Waals surface area contributed by atoms with E-state index in [-0.39, 0.29) is 0 Å². The maximum atomic E-state index is 4.33. The van der Waals surface area contributed by atoms with E-state index in [2.05, 4.69) is 39.6 Å². The predicted molar refractivity (Wildman–Crippen MR) is 71.8 cm³/mol. The van der Waals surface area contributed by atoms with Crippen LogP contribution in [0.15, 0.2) is 48.8 Å². The third-order valence-corrected chi connectivity index (χ3v) is 2.72. The second kappa shape index (κ2) is 4.41. The first-order valence-electron chi connectivity index (χ1n) is 5.73. The van der Waals surface area contributed by atoms with E-state index in [1.54, 1.807) is 12.4 Å². The molecule has 0 aliphatic carbocycles. The number of hydrogen-bond donors (Lipinski definition) is 1. The Labute approximate surface area is 105 Å². The highest BCUT2D eigenvalue weighted by molar-refractivity contribution is 5.88. The lowest BCUT2D eigenvalue weighted by atomic mass is 10.2. The quantitative estimate of drug-likeness (QED) is 0.742. The number of aryl methyl sites for hydroxylation is 1. The second-order valence-electron chi connectivity index (χ2n) is 4.12. The first-order chi connectivity index (χ1) is 8.83. The van der Waals surface area contributed by atoms with Crippen molar-refractivity contribution in [1.82, 2.24) is 15.2 Å². The Bertz CT molecular complexity index is 671. The summed E-state index contributed by atoms with van der Waals surface area (Å²) in [5, 5.41) is 11.3. The van der Waals surface area contributed by atoms with E-state index in [0.717, 1.165) is 22.4 Å². The lowest BCUT2D eigenvalue weighted by molar-refractivity contribution is 1.07.